The molecule has 130 valence electrons. The molecule has 4 aliphatic rings. The Labute approximate surface area is 137 Å². The molecule has 2 saturated carbocycles. The highest BCUT2D eigenvalue weighted by Gasteiger charge is 2.56. The molecule has 7 nitrogen and oxygen atoms in total. The minimum absolute atomic E-state index is 0.0118. The Morgan fingerprint density at radius 2 is 1.91 bits per heavy atom. The highest BCUT2D eigenvalue weighted by Crippen LogP contribution is 2.40. The number of hydrogen-bond acceptors (Lipinski definition) is 5. The molecule has 0 radical (unpaired) electrons. The molecule has 2 saturated heterocycles. The van der Waals surface area contributed by atoms with Crippen LogP contribution in [0.1, 0.15) is 25.7 Å². The number of nitrogens with zero attached hydrogens (tertiary/aromatic N) is 2. The van der Waals surface area contributed by atoms with E-state index in [1.807, 2.05) is 0 Å². The summed E-state index contributed by atoms with van der Waals surface area (Å²) in [7, 11) is -1.46. The minimum atomic E-state index is -3.11. The third-order valence-electron chi connectivity index (χ3n) is 5.45. The highest BCUT2D eigenvalue weighted by molar-refractivity contribution is 7.90. The fourth-order valence-corrected chi connectivity index (χ4v) is 5.65. The van der Waals surface area contributed by atoms with Crippen molar-refractivity contribution in [3.8, 4) is 0 Å². The van der Waals surface area contributed by atoms with Crippen molar-refractivity contribution in [2.75, 3.05) is 39.8 Å². The first-order valence-corrected chi connectivity index (χ1v) is 10.0. The number of morpholine rings is 1. The van der Waals surface area contributed by atoms with Crippen LogP contribution < -0.4 is 5.32 Å². The topological polar surface area (TPSA) is 79.0 Å². The zero-order chi connectivity index (χ0) is 16.2. The quantitative estimate of drug-likeness (QED) is 0.720. The van der Waals surface area contributed by atoms with E-state index >= 15 is 0 Å². The average molecular weight is 343 g/mol. The van der Waals surface area contributed by atoms with E-state index in [9.17, 15) is 13.2 Å². The summed E-state index contributed by atoms with van der Waals surface area (Å²) in [5, 5.41) is 2.55. The van der Waals surface area contributed by atoms with Crippen molar-refractivity contribution in [3.05, 3.63) is 0 Å². The molecule has 2 aliphatic heterocycles. The van der Waals surface area contributed by atoms with Gasteiger partial charge in [0.1, 0.15) is 11.6 Å². The zero-order valence-electron chi connectivity index (χ0n) is 13.5. The average Bonchev–Trinajstić information content (AvgIpc) is 3.35. The van der Waals surface area contributed by atoms with Gasteiger partial charge < -0.3 is 10.1 Å². The van der Waals surface area contributed by atoms with Gasteiger partial charge in [-0.1, -0.05) is 0 Å². The van der Waals surface area contributed by atoms with E-state index in [0.29, 0.717) is 32.2 Å². The van der Waals surface area contributed by atoms with Gasteiger partial charge in [0.2, 0.25) is 15.9 Å². The van der Waals surface area contributed by atoms with Crippen molar-refractivity contribution in [1.29, 1.82) is 0 Å². The molecule has 1 atom stereocenters. The lowest BCUT2D eigenvalue weighted by Crippen LogP contribution is -2.73. The van der Waals surface area contributed by atoms with Crippen molar-refractivity contribution in [2.45, 2.75) is 42.6 Å². The van der Waals surface area contributed by atoms with Crippen LogP contribution in [-0.2, 0) is 19.6 Å². The number of sulfonamides is 1. The van der Waals surface area contributed by atoms with E-state index < -0.39 is 15.6 Å². The summed E-state index contributed by atoms with van der Waals surface area (Å²) in [6.45, 7) is 2.79. The van der Waals surface area contributed by atoms with Crippen LogP contribution in [0.2, 0.25) is 0 Å². The Morgan fingerprint density at radius 3 is 2.48 bits per heavy atom. The molecule has 0 aromatic rings. The van der Waals surface area contributed by atoms with Crippen molar-refractivity contribution in [1.82, 2.24) is 14.5 Å². The van der Waals surface area contributed by atoms with Gasteiger partial charge in [0, 0.05) is 33.2 Å². The van der Waals surface area contributed by atoms with Gasteiger partial charge in [0.15, 0.2) is 0 Å². The van der Waals surface area contributed by atoms with Gasteiger partial charge in [-0.2, -0.15) is 4.31 Å². The summed E-state index contributed by atoms with van der Waals surface area (Å²) in [5.41, 5.74) is -0.415. The van der Waals surface area contributed by atoms with Crippen molar-refractivity contribution in [3.63, 3.8) is 0 Å². The Hall–Kier alpha value is -0.700. The van der Waals surface area contributed by atoms with E-state index in [2.05, 4.69) is 10.2 Å². The normalized spacial score (nSPS) is 31.8. The first kappa shape index (κ1) is 15.8. The van der Waals surface area contributed by atoms with Crippen LogP contribution in [-0.4, -0.2) is 80.3 Å². The molecule has 1 N–H and O–H groups in total. The number of carbonyl (C=O) groups is 1. The van der Waals surface area contributed by atoms with Crippen molar-refractivity contribution >= 4 is 15.9 Å². The van der Waals surface area contributed by atoms with Gasteiger partial charge in [-0.3, -0.25) is 9.69 Å². The molecular formula is C15H25N3O4S. The second-order valence-electron chi connectivity index (χ2n) is 7.51. The predicted molar refractivity (Wildman–Crippen MR) is 84.3 cm³/mol. The monoisotopic (exact) mass is 343 g/mol. The molecule has 1 amide bonds. The Bertz CT molecular complexity index is 594. The number of rotatable bonds is 5. The standard InChI is InChI=1S/C15H25N3O4S/c1-16-14(19)13-7-22-15(8-17(13)6-11-2-3-11)9-18(10-15)23(20,21)12-4-5-12/h11-13H,2-10H2,1H3,(H,16,19)/t13-/m0/s1. The SMILES string of the molecule is CNC(=O)[C@@H]1COC2(CN1CC1CC1)CN(S(=O)(=O)C1CC1)C2. The third kappa shape index (κ3) is 2.90. The Kier molecular flexibility index (Phi) is 3.71. The van der Waals surface area contributed by atoms with Gasteiger partial charge in [-0.05, 0) is 31.6 Å². The lowest BCUT2D eigenvalue weighted by molar-refractivity contribution is -0.185. The van der Waals surface area contributed by atoms with Crippen LogP contribution >= 0.6 is 0 Å². The highest BCUT2D eigenvalue weighted by atomic mass is 32.2. The summed E-state index contributed by atoms with van der Waals surface area (Å²) >= 11 is 0. The van der Waals surface area contributed by atoms with Gasteiger partial charge >= 0.3 is 0 Å². The summed E-state index contributed by atoms with van der Waals surface area (Å²) in [4.78, 5) is 14.3. The molecule has 0 unspecified atom stereocenters. The van der Waals surface area contributed by atoms with E-state index in [1.54, 1.807) is 11.4 Å². The predicted octanol–water partition coefficient (Wildman–Crippen LogP) is -0.610. The summed E-state index contributed by atoms with van der Waals surface area (Å²) in [6.07, 6.45) is 4.04. The molecule has 0 aromatic heterocycles. The van der Waals surface area contributed by atoms with Gasteiger partial charge in [-0.15, -0.1) is 0 Å². The number of likely N-dealkylation sites (N-methyl/N-ethyl adjacent to an activating group) is 1. The van der Waals surface area contributed by atoms with Crippen molar-refractivity contribution < 1.29 is 17.9 Å². The molecular weight excluding hydrogens is 318 g/mol. The molecule has 0 aromatic carbocycles. The smallest absolute Gasteiger partial charge is 0.239 e. The number of ether oxygens (including phenoxy) is 1. The number of hydrogen-bond donors (Lipinski definition) is 1. The molecule has 2 heterocycles. The van der Waals surface area contributed by atoms with Crippen LogP contribution in [0, 0.1) is 5.92 Å². The van der Waals surface area contributed by atoms with Gasteiger partial charge in [-0.25, -0.2) is 8.42 Å². The number of nitrogens with one attached hydrogen (secondary N) is 1. The number of amides is 1. The molecule has 8 heteroatoms. The van der Waals surface area contributed by atoms with Gasteiger partial charge in [0.05, 0.1) is 11.9 Å². The Balaban J connectivity index is 1.42. The first-order valence-electron chi connectivity index (χ1n) is 8.52. The molecule has 4 fully saturated rings. The molecule has 1 spiro atoms. The summed E-state index contributed by atoms with van der Waals surface area (Å²) in [6, 6.07) is -0.250. The fraction of sp³-hybridized carbons (Fsp3) is 0.933. The number of carbonyl (C=O) groups excluding carboxylic acids is 1. The molecule has 23 heavy (non-hydrogen) atoms. The lowest BCUT2D eigenvalue weighted by Gasteiger charge is -2.54. The van der Waals surface area contributed by atoms with Crippen LogP contribution in [0.3, 0.4) is 0 Å². The van der Waals surface area contributed by atoms with E-state index in [1.165, 1.54) is 12.8 Å². The minimum Gasteiger partial charge on any atom is -0.369 e. The second-order valence-corrected chi connectivity index (χ2v) is 9.72. The lowest BCUT2D eigenvalue weighted by atomic mass is 9.92. The first-order chi connectivity index (χ1) is 10.9. The maximum Gasteiger partial charge on any atom is 0.239 e. The Morgan fingerprint density at radius 1 is 1.22 bits per heavy atom. The van der Waals surface area contributed by atoms with Gasteiger partial charge in [0.25, 0.3) is 0 Å². The largest absolute Gasteiger partial charge is 0.369 e. The summed E-state index contributed by atoms with van der Waals surface area (Å²) < 4.78 is 32.1. The third-order valence-corrected chi connectivity index (χ3v) is 7.74. The van der Waals surface area contributed by atoms with Crippen LogP contribution in [0.4, 0.5) is 0 Å². The molecule has 4 rings (SSSR count). The summed E-state index contributed by atoms with van der Waals surface area (Å²) in [5.74, 6) is 0.672. The fourth-order valence-electron chi connectivity index (χ4n) is 3.66. The van der Waals surface area contributed by atoms with Crippen LogP contribution in [0.25, 0.3) is 0 Å². The van der Waals surface area contributed by atoms with E-state index in [0.717, 1.165) is 19.4 Å². The maximum absolute atomic E-state index is 12.3. The van der Waals surface area contributed by atoms with E-state index in [-0.39, 0.29) is 17.2 Å². The second kappa shape index (κ2) is 5.40. The maximum atomic E-state index is 12.3. The molecule has 0 bridgehead atoms. The van der Waals surface area contributed by atoms with Crippen LogP contribution in [0.5, 0.6) is 0 Å². The van der Waals surface area contributed by atoms with E-state index in [4.69, 9.17) is 4.74 Å². The van der Waals surface area contributed by atoms with Crippen molar-refractivity contribution in [2.24, 2.45) is 5.92 Å². The zero-order valence-corrected chi connectivity index (χ0v) is 14.3. The van der Waals surface area contributed by atoms with Crippen LogP contribution in [0.15, 0.2) is 0 Å². The molecule has 2 aliphatic carbocycles.